The molecule has 0 aliphatic carbocycles. The van der Waals surface area contributed by atoms with E-state index in [9.17, 15) is 4.79 Å². The first kappa shape index (κ1) is 14.5. The van der Waals surface area contributed by atoms with Crippen LogP contribution in [0, 0.1) is 5.92 Å². The maximum atomic E-state index is 11.8. The van der Waals surface area contributed by atoms with Crippen LogP contribution in [-0.4, -0.2) is 43.0 Å². The second-order valence-corrected chi connectivity index (χ2v) is 5.39. The first-order chi connectivity index (χ1) is 8.13. The Balaban J connectivity index is 2.24. The highest BCUT2D eigenvalue weighted by atomic mass is 16.2. The zero-order valence-electron chi connectivity index (χ0n) is 11.2. The van der Waals surface area contributed by atoms with Crippen LogP contribution in [0.5, 0.6) is 0 Å². The summed E-state index contributed by atoms with van der Waals surface area (Å²) in [7, 11) is 0. The van der Waals surface area contributed by atoms with Gasteiger partial charge < -0.3 is 11.1 Å². The third-order valence-corrected chi connectivity index (χ3v) is 3.41. The minimum atomic E-state index is 0.144. The second-order valence-electron chi connectivity index (χ2n) is 5.39. The van der Waals surface area contributed by atoms with Crippen LogP contribution in [0.1, 0.15) is 39.5 Å². The molecule has 17 heavy (non-hydrogen) atoms. The molecule has 1 saturated heterocycles. The molecule has 100 valence electrons. The zero-order valence-corrected chi connectivity index (χ0v) is 11.2. The maximum absolute atomic E-state index is 11.8. The Bertz CT molecular complexity index is 231. The Morgan fingerprint density at radius 3 is 2.88 bits per heavy atom. The van der Waals surface area contributed by atoms with Gasteiger partial charge in [0.25, 0.3) is 0 Å². The number of rotatable bonds is 6. The summed E-state index contributed by atoms with van der Waals surface area (Å²) in [5.74, 6) is 0.785. The molecule has 0 radical (unpaired) electrons. The summed E-state index contributed by atoms with van der Waals surface area (Å²) in [5.41, 5.74) is 5.74. The highest BCUT2D eigenvalue weighted by Gasteiger charge is 2.22. The third-order valence-electron chi connectivity index (χ3n) is 3.41. The van der Waals surface area contributed by atoms with Crippen molar-refractivity contribution in [2.45, 2.75) is 45.6 Å². The summed E-state index contributed by atoms with van der Waals surface area (Å²) in [5, 5.41) is 2.98. The summed E-state index contributed by atoms with van der Waals surface area (Å²) in [6.07, 6.45) is 4.62. The monoisotopic (exact) mass is 241 g/mol. The van der Waals surface area contributed by atoms with Crippen LogP contribution < -0.4 is 11.1 Å². The van der Waals surface area contributed by atoms with E-state index in [1.807, 2.05) is 0 Å². The molecule has 0 aromatic carbocycles. The van der Waals surface area contributed by atoms with Gasteiger partial charge in [0.15, 0.2) is 0 Å². The lowest BCUT2D eigenvalue weighted by Gasteiger charge is -2.34. The van der Waals surface area contributed by atoms with Crippen molar-refractivity contribution < 1.29 is 4.79 Å². The molecule has 4 heteroatoms. The van der Waals surface area contributed by atoms with Crippen molar-refractivity contribution in [3.05, 3.63) is 0 Å². The number of amides is 1. The Labute approximate surface area is 105 Å². The molecule has 0 aromatic heterocycles. The smallest absolute Gasteiger partial charge is 0.234 e. The van der Waals surface area contributed by atoms with Crippen molar-refractivity contribution in [1.29, 1.82) is 0 Å². The largest absolute Gasteiger partial charge is 0.355 e. The molecule has 4 nitrogen and oxygen atoms in total. The highest BCUT2D eigenvalue weighted by Crippen LogP contribution is 2.15. The van der Waals surface area contributed by atoms with E-state index < -0.39 is 0 Å². The first-order valence-corrected chi connectivity index (χ1v) is 6.84. The maximum Gasteiger partial charge on any atom is 0.234 e. The molecule has 0 saturated carbocycles. The van der Waals surface area contributed by atoms with Crippen molar-refractivity contribution >= 4 is 5.91 Å². The normalized spacial score (nSPS) is 21.8. The van der Waals surface area contributed by atoms with Gasteiger partial charge >= 0.3 is 0 Å². The van der Waals surface area contributed by atoms with E-state index >= 15 is 0 Å². The average molecular weight is 241 g/mol. The van der Waals surface area contributed by atoms with Crippen LogP contribution in [-0.2, 0) is 4.79 Å². The number of carbonyl (C=O) groups is 1. The fraction of sp³-hybridized carbons (Fsp3) is 0.923. The van der Waals surface area contributed by atoms with Crippen LogP contribution in [0.15, 0.2) is 0 Å². The molecule has 0 spiro atoms. The van der Waals surface area contributed by atoms with Crippen LogP contribution >= 0.6 is 0 Å². The van der Waals surface area contributed by atoms with Crippen LogP contribution in [0.2, 0.25) is 0 Å². The van der Waals surface area contributed by atoms with Gasteiger partial charge in [-0.15, -0.1) is 0 Å². The predicted molar refractivity (Wildman–Crippen MR) is 70.7 cm³/mol. The van der Waals surface area contributed by atoms with E-state index in [0.717, 1.165) is 25.9 Å². The average Bonchev–Trinajstić information content (AvgIpc) is 2.29. The van der Waals surface area contributed by atoms with Crippen LogP contribution in [0.3, 0.4) is 0 Å². The molecule has 1 rings (SSSR count). The van der Waals surface area contributed by atoms with Crippen LogP contribution in [0.25, 0.3) is 0 Å². The van der Waals surface area contributed by atoms with E-state index in [1.165, 1.54) is 12.8 Å². The lowest BCUT2D eigenvalue weighted by atomic mass is 10.0. The molecule has 3 N–H and O–H groups in total. The lowest BCUT2D eigenvalue weighted by Crippen LogP contribution is -2.48. The lowest BCUT2D eigenvalue weighted by molar-refractivity contribution is -0.123. The predicted octanol–water partition coefficient (Wildman–Crippen LogP) is 0.962. The van der Waals surface area contributed by atoms with Gasteiger partial charge in [0.1, 0.15) is 0 Å². The molecule has 0 aromatic rings. The van der Waals surface area contributed by atoms with Gasteiger partial charge in [-0.05, 0) is 31.7 Å². The fourth-order valence-electron chi connectivity index (χ4n) is 2.28. The first-order valence-electron chi connectivity index (χ1n) is 6.84. The number of carbonyl (C=O) groups excluding carboxylic acids is 1. The van der Waals surface area contributed by atoms with E-state index in [0.29, 0.717) is 25.0 Å². The van der Waals surface area contributed by atoms with E-state index in [4.69, 9.17) is 5.73 Å². The molecule has 1 atom stereocenters. The van der Waals surface area contributed by atoms with Crippen molar-refractivity contribution in [1.82, 2.24) is 10.2 Å². The third kappa shape index (κ3) is 5.50. The van der Waals surface area contributed by atoms with Gasteiger partial charge in [0.05, 0.1) is 6.54 Å². The Hall–Kier alpha value is -0.610. The van der Waals surface area contributed by atoms with Crippen molar-refractivity contribution in [2.75, 3.05) is 26.2 Å². The second kappa shape index (κ2) is 7.67. The number of nitrogens with one attached hydrogen (secondary N) is 1. The topological polar surface area (TPSA) is 58.4 Å². The Morgan fingerprint density at radius 1 is 1.47 bits per heavy atom. The van der Waals surface area contributed by atoms with Crippen molar-refractivity contribution in [3.8, 4) is 0 Å². The summed E-state index contributed by atoms with van der Waals surface area (Å²) in [6, 6.07) is 0.402. The van der Waals surface area contributed by atoms with Gasteiger partial charge in [0.2, 0.25) is 5.91 Å². The molecule has 1 aliphatic heterocycles. The number of likely N-dealkylation sites (tertiary alicyclic amines) is 1. The molecule has 0 bridgehead atoms. The van der Waals surface area contributed by atoms with Crippen molar-refractivity contribution in [3.63, 3.8) is 0 Å². The molecule has 1 aliphatic rings. The number of hydrogen-bond acceptors (Lipinski definition) is 3. The number of hydrogen-bond donors (Lipinski definition) is 2. The van der Waals surface area contributed by atoms with Gasteiger partial charge in [-0.1, -0.05) is 20.3 Å². The SMILES string of the molecule is CC(C)CCNC(=O)CN1CCCCC1CN. The fourth-order valence-corrected chi connectivity index (χ4v) is 2.28. The van der Waals surface area contributed by atoms with Crippen LogP contribution in [0.4, 0.5) is 0 Å². The number of nitrogens with zero attached hydrogens (tertiary/aromatic N) is 1. The van der Waals surface area contributed by atoms with Gasteiger partial charge in [-0.25, -0.2) is 0 Å². The van der Waals surface area contributed by atoms with E-state index in [1.54, 1.807) is 0 Å². The Kier molecular flexibility index (Phi) is 6.52. The molecular weight excluding hydrogens is 214 g/mol. The Morgan fingerprint density at radius 2 is 2.24 bits per heavy atom. The summed E-state index contributed by atoms with van der Waals surface area (Å²) >= 11 is 0. The van der Waals surface area contributed by atoms with Crippen molar-refractivity contribution in [2.24, 2.45) is 11.7 Å². The summed E-state index contributed by atoms with van der Waals surface area (Å²) < 4.78 is 0. The van der Waals surface area contributed by atoms with Gasteiger partial charge in [-0.3, -0.25) is 9.69 Å². The zero-order chi connectivity index (χ0) is 12.7. The number of nitrogens with two attached hydrogens (primary N) is 1. The highest BCUT2D eigenvalue weighted by molar-refractivity contribution is 5.78. The molecular formula is C13H27N3O. The minimum absolute atomic E-state index is 0.144. The summed E-state index contributed by atoms with van der Waals surface area (Å²) in [6.45, 7) is 7.32. The minimum Gasteiger partial charge on any atom is -0.355 e. The quantitative estimate of drug-likeness (QED) is 0.728. The molecule has 1 heterocycles. The van der Waals surface area contributed by atoms with Gasteiger partial charge in [-0.2, -0.15) is 0 Å². The molecule has 1 unspecified atom stereocenters. The van der Waals surface area contributed by atoms with Gasteiger partial charge in [0, 0.05) is 19.1 Å². The van der Waals surface area contributed by atoms with E-state index in [2.05, 4.69) is 24.1 Å². The number of piperidine rings is 1. The molecule has 1 amide bonds. The van der Waals surface area contributed by atoms with E-state index in [-0.39, 0.29) is 5.91 Å². The standard InChI is InChI=1S/C13H27N3O/c1-11(2)6-7-15-13(17)10-16-8-4-3-5-12(16)9-14/h11-12H,3-10,14H2,1-2H3,(H,15,17). The molecule has 1 fully saturated rings. The summed E-state index contributed by atoms with van der Waals surface area (Å²) in [4.78, 5) is 14.0.